The summed E-state index contributed by atoms with van der Waals surface area (Å²) >= 11 is 0. The Balaban J connectivity index is 1.61. The van der Waals surface area contributed by atoms with Crippen molar-refractivity contribution in [1.82, 2.24) is 14.7 Å². The monoisotopic (exact) mass is 319 g/mol. The van der Waals surface area contributed by atoms with E-state index in [0.29, 0.717) is 24.5 Å². The van der Waals surface area contributed by atoms with Gasteiger partial charge < -0.3 is 9.64 Å². The molecular formula is C18H29N3O2. The molecule has 5 heteroatoms. The highest BCUT2D eigenvalue weighted by Crippen LogP contribution is 2.47. The highest BCUT2D eigenvalue weighted by Gasteiger charge is 2.48. The molecule has 5 nitrogen and oxygen atoms in total. The van der Waals surface area contributed by atoms with Gasteiger partial charge in [0, 0.05) is 39.4 Å². The molecule has 1 saturated heterocycles. The fraction of sp³-hybridized carbons (Fsp3) is 0.778. The van der Waals surface area contributed by atoms with Crippen molar-refractivity contribution in [2.75, 3.05) is 13.7 Å². The third kappa shape index (κ3) is 3.16. The number of ether oxygens (including phenoxy) is 1. The Morgan fingerprint density at radius 2 is 2.26 bits per heavy atom. The molecule has 2 fully saturated rings. The van der Waals surface area contributed by atoms with Crippen LogP contribution in [0.5, 0.6) is 0 Å². The smallest absolute Gasteiger partial charge is 0.223 e. The number of hydrogen-bond donors (Lipinski definition) is 0. The summed E-state index contributed by atoms with van der Waals surface area (Å²) < 4.78 is 7.40. The van der Waals surface area contributed by atoms with Gasteiger partial charge in [0.2, 0.25) is 5.91 Å². The van der Waals surface area contributed by atoms with E-state index in [-0.39, 0.29) is 5.41 Å². The average Bonchev–Trinajstić information content (AvgIpc) is 3.02. The van der Waals surface area contributed by atoms with E-state index >= 15 is 0 Å². The van der Waals surface area contributed by atoms with Gasteiger partial charge in [-0.05, 0) is 50.0 Å². The van der Waals surface area contributed by atoms with Crippen LogP contribution in [-0.2, 0) is 23.0 Å². The molecule has 0 unspecified atom stereocenters. The number of carbonyl (C=O) groups excluding carboxylic acids is 1. The maximum atomic E-state index is 12.8. The number of rotatable bonds is 4. The number of methoxy groups -OCH3 is 1. The lowest BCUT2D eigenvalue weighted by atomic mass is 9.71. The van der Waals surface area contributed by atoms with Gasteiger partial charge in [-0.2, -0.15) is 5.10 Å². The molecule has 0 aromatic carbocycles. The second-order valence-corrected chi connectivity index (χ2v) is 7.56. The standard InChI is InChI=1S/C18H29N3O2/c1-13-14(12-20(3)19-13)5-8-17(22)21-10-9-18(2)11-15(23-4)6-7-16(18)21/h12,15-16H,5-11H2,1-4H3/t15-,16-,18+/m1/s1. The fourth-order valence-corrected chi connectivity index (χ4v) is 4.56. The Morgan fingerprint density at radius 3 is 2.91 bits per heavy atom. The van der Waals surface area contributed by atoms with Gasteiger partial charge in [-0.15, -0.1) is 0 Å². The zero-order valence-electron chi connectivity index (χ0n) is 14.8. The van der Waals surface area contributed by atoms with Crippen LogP contribution in [0, 0.1) is 12.3 Å². The second-order valence-electron chi connectivity index (χ2n) is 7.56. The number of hydrogen-bond acceptors (Lipinski definition) is 3. The first-order chi connectivity index (χ1) is 10.9. The van der Waals surface area contributed by atoms with E-state index in [9.17, 15) is 4.79 Å². The summed E-state index contributed by atoms with van der Waals surface area (Å²) in [6.45, 7) is 5.25. The maximum absolute atomic E-state index is 12.8. The number of aryl methyl sites for hydroxylation is 3. The van der Waals surface area contributed by atoms with E-state index in [1.54, 1.807) is 0 Å². The Kier molecular flexibility index (Phi) is 4.50. The summed E-state index contributed by atoms with van der Waals surface area (Å²) in [7, 11) is 3.74. The van der Waals surface area contributed by atoms with Gasteiger partial charge in [-0.3, -0.25) is 9.48 Å². The summed E-state index contributed by atoms with van der Waals surface area (Å²) in [4.78, 5) is 14.9. The molecule has 0 N–H and O–H groups in total. The third-order valence-electron chi connectivity index (χ3n) is 5.94. The SMILES string of the molecule is CO[C@@H]1CC[C@H]2N(C(=O)CCc3cn(C)nc3C)CC[C@@]2(C)C1. The maximum Gasteiger partial charge on any atom is 0.223 e. The van der Waals surface area contributed by atoms with Gasteiger partial charge in [-0.1, -0.05) is 6.92 Å². The van der Waals surface area contributed by atoms with Crippen LogP contribution in [0.25, 0.3) is 0 Å². The minimum Gasteiger partial charge on any atom is -0.381 e. The summed E-state index contributed by atoms with van der Waals surface area (Å²) in [5, 5.41) is 4.36. The molecule has 2 heterocycles. The lowest BCUT2D eigenvalue weighted by Crippen LogP contribution is -2.46. The Morgan fingerprint density at radius 1 is 1.48 bits per heavy atom. The molecule has 0 radical (unpaired) electrons. The van der Waals surface area contributed by atoms with Crippen molar-refractivity contribution in [3.05, 3.63) is 17.5 Å². The van der Waals surface area contributed by atoms with Gasteiger partial charge in [0.1, 0.15) is 0 Å². The summed E-state index contributed by atoms with van der Waals surface area (Å²) in [5.41, 5.74) is 2.46. The first-order valence-corrected chi connectivity index (χ1v) is 8.74. The third-order valence-corrected chi connectivity index (χ3v) is 5.94. The second kappa shape index (κ2) is 6.27. The first kappa shape index (κ1) is 16.5. The molecule has 128 valence electrons. The molecule has 1 aliphatic carbocycles. The predicted octanol–water partition coefficient (Wildman–Crippen LogP) is 2.47. The zero-order chi connectivity index (χ0) is 16.6. The number of fused-ring (bicyclic) bond motifs is 1. The highest BCUT2D eigenvalue weighted by molar-refractivity contribution is 5.77. The summed E-state index contributed by atoms with van der Waals surface area (Å²) in [5.74, 6) is 0.304. The lowest BCUT2D eigenvalue weighted by Gasteiger charge is -2.42. The number of nitrogens with zero attached hydrogens (tertiary/aromatic N) is 3. The van der Waals surface area contributed by atoms with E-state index in [1.807, 2.05) is 32.0 Å². The average molecular weight is 319 g/mol. The molecule has 3 atom stereocenters. The van der Waals surface area contributed by atoms with E-state index in [4.69, 9.17) is 4.74 Å². The van der Waals surface area contributed by atoms with Crippen molar-refractivity contribution < 1.29 is 9.53 Å². The van der Waals surface area contributed by atoms with Gasteiger partial charge in [-0.25, -0.2) is 0 Å². The molecule has 1 aliphatic heterocycles. The van der Waals surface area contributed by atoms with E-state index in [1.165, 1.54) is 5.56 Å². The van der Waals surface area contributed by atoms with Crippen LogP contribution in [0.2, 0.25) is 0 Å². The van der Waals surface area contributed by atoms with Crippen LogP contribution in [0.4, 0.5) is 0 Å². The van der Waals surface area contributed by atoms with Gasteiger partial charge in [0.25, 0.3) is 0 Å². The van der Waals surface area contributed by atoms with Crippen molar-refractivity contribution in [3.63, 3.8) is 0 Å². The highest BCUT2D eigenvalue weighted by atomic mass is 16.5. The first-order valence-electron chi connectivity index (χ1n) is 8.74. The van der Waals surface area contributed by atoms with E-state index in [0.717, 1.165) is 44.3 Å². The minimum absolute atomic E-state index is 0.235. The molecule has 0 bridgehead atoms. The van der Waals surface area contributed by atoms with Gasteiger partial charge in [0.15, 0.2) is 0 Å². The van der Waals surface area contributed by atoms with E-state index in [2.05, 4.69) is 16.9 Å². The number of carbonyl (C=O) groups is 1. The molecule has 1 amide bonds. The lowest BCUT2D eigenvalue weighted by molar-refractivity contribution is -0.134. The van der Waals surface area contributed by atoms with Crippen LogP contribution < -0.4 is 0 Å². The fourth-order valence-electron chi connectivity index (χ4n) is 4.56. The van der Waals surface area contributed by atoms with Crippen LogP contribution in [0.15, 0.2) is 6.20 Å². The van der Waals surface area contributed by atoms with Crippen molar-refractivity contribution in [1.29, 1.82) is 0 Å². The number of aromatic nitrogens is 2. The van der Waals surface area contributed by atoms with Crippen LogP contribution in [0.3, 0.4) is 0 Å². The van der Waals surface area contributed by atoms with Crippen molar-refractivity contribution >= 4 is 5.91 Å². The Hall–Kier alpha value is -1.36. The molecule has 3 rings (SSSR count). The molecule has 1 aromatic heterocycles. The number of amides is 1. The summed E-state index contributed by atoms with van der Waals surface area (Å²) in [6.07, 6.45) is 8.11. The minimum atomic E-state index is 0.235. The predicted molar refractivity (Wildman–Crippen MR) is 89.1 cm³/mol. The normalized spacial score (nSPS) is 30.5. The van der Waals surface area contributed by atoms with Crippen molar-refractivity contribution in [3.8, 4) is 0 Å². The largest absolute Gasteiger partial charge is 0.381 e. The molecule has 0 spiro atoms. The Bertz CT molecular complexity index is 583. The van der Waals surface area contributed by atoms with Gasteiger partial charge in [0.05, 0.1) is 11.8 Å². The Labute approximate surface area is 139 Å². The molecule has 1 aromatic rings. The number of likely N-dealkylation sites (tertiary alicyclic amines) is 1. The molecule has 2 aliphatic rings. The molecular weight excluding hydrogens is 290 g/mol. The van der Waals surface area contributed by atoms with Crippen molar-refractivity contribution in [2.24, 2.45) is 12.5 Å². The van der Waals surface area contributed by atoms with Crippen LogP contribution in [0.1, 0.15) is 50.3 Å². The molecule has 23 heavy (non-hydrogen) atoms. The van der Waals surface area contributed by atoms with Gasteiger partial charge >= 0.3 is 0 Å². The topological polar surface area (TPSA) is 47.4 Å². The molecule has 1 saturated carbocycles. The quantitative estimate of drug-likeness (QED) is 0.856. The van der Waals surface area contributed by atoms with Crippen molar-refractivity contribution in [2.45, 2.75) is 64.5 Å². The van der Waals surface area contributed by atoms with Crippen LogP contribution >= 0.6 is 0 Å². The summed E-state index contributed by atoms with van der Waals surface area (Å²) in [6, 6.07) is 0.399. The zero-order valence-corrected chi connectivity index (χ0v) is 14.8. The van der Waals surface area contributed by atoms with E-state index < -0.39 is 0 Å². The van der Waals surface area contributed by atoms with Crippen LogP contribution in [-0.4, -0.2) is 46.4 Å².